The van der Waals surface area contributed by atoms with E-state index in [1.54, 1.807) is 0 Å². The lowest BCUT2D eigenvalue weighted by Gasteiger charge is -1.93. The normalized spacial score (nSPS) is 32.6. The van der Waals surface area contributed by atoms with Crippen molar-refractivity contribution < 1.29 is 0 Å². The Morgan fingerprint density at radius 1 is 1.75 bits per heavy atom. The molecule has 0 aromatic carbocycles. The van der Waals surface area contributed by atoms with Gasteiger partial charge in [-0.15, -0.1) is 23.2 Å². The van der Waals surface area contributed by atoms with Crippen LogP contribution in [0.4, 0.5) is 0 Å². The maximum Gasteiger partial charge on any atom is 0.121 e. The van der Waals surface area contributed by atoms with Crippen LogP contribution in [-0.2, 0) is 0 Å². The largest absolute Gasteiger partial charge is 0.121 e. The molecule has 0 aromatic rings. The van der Waals surface area contributed by atoms with Crippen molar-refractivity contribution in [1.29, 1.82) is 0 Å². The molecular weight excluding hydrogens is 143 g/mol. The van der Waals surface area contributed by atoms with Gasteiger partial charge in [-0.1, -0.05) is 13.3 Å². The minimum atomic E-state index is -0.393. The third kappa shape index (κ3) is 1.29. The van der Waals surface area contributed by atoms with Gasteiger partial charge in [0.2, 0.25) is 0 Å². The van der Waals surface area contributed by atoms with Gasteiger partial charge in [0.15, 0.2) is 0 Å². The molecule has 1 aliphatic rings. The van der Waals surface area contributed by atoms with Crippen molar-refractivity contribution in [3.63, 3.8) is 0 Å². The lowest BCUT2D eigenvalue weighted by atomic mass is 10.2. The molecule has 1 radical (unpaired) electrons. The third-order valence-corrected chi connectivity index (χ3v) is 2.26. The van der Waals surface area contributed by atoms with Crippen LogP contribution in [0.2, 0.25) is 0 Å². The Balaban J connectivity index is 2.17. The van der Waals surface area contributed by atoms with E-state index >= 15 is 0 Å². The van der Waals surface area contributed by atoms with Crippen LogP contribution in [0.3, 0.4) is 0 Å². The lowest BCUT2D eigenvalue weighted by Crippen LogP contribution is -1.88. The van der Waals surface area contributed by atoms with E-state index in [2.05, 4.69) is 13.3 Å². The summed E-state index contributed by atoms with van der Waals surface area (Å²) in [5.41, 5.74) is 0. The molecule has 0 saturated heterocycles. The molecule has 0 aliphatic heterocycles. The molecule has 0 amide bonds. The first-order chi connectivity index (χ1) is 3.67. The van der Waals surface area contributed by atoms with E-state index < -0.39 is 4.33 Å². The van der Waals surface area contributed by atoms with E-state index in [9.17, 15) is 0 Å². The summed E-state index contributed by atoms with van der Waals surface area (Å²) >= 11 is 11.4. The molecule has 0 bridgehead atoms. The molecule has 1 rings (SSSR count). The van der Waals surface area contributed by atoms with E-state index in [0.717, 1.165) is 12.8 Å². The van der Waals surface area contributed by atoms with E-state index in [0.29, 0.717) is 5.92 Å². The van der Waals surface area contributed by atoms with Crippen molar-refractivity contribution in [3.05, 3.63) is 6.42 Å². The number of hydrogen-bond donors (Lipinski definition) is 0. The number of hydrogen-bond acceptors (Lipinski definition) is 0. The molecule has 0 N–H and O–H groups in total. The fourth-order valence-electron chi connectivity index (χ4n) is 0.775. The first-order valence-corrected chi connectivity index (χ1v) is 3.63. The predicted octanol–water partition coefficient (Wildman–Crippen LogP) is 2.79. The van der Waals surface area contributed by atoms with E-state index in [4.69, 9.17) is 23.2 Å². The van der Waals surface area contributed by atoms with Gasteiger partial charge in [0.25, 0.3) is 0 Å². The first kappa shape index (κ1) is 6.70. The molecular formula is C6H9Cl2. The zero-order valence-corrected chi connectivity index (χ0v) is 6.34. The van der Waals surface area contributed by atoms with Crippen LogP contribution in [0.25, 0.3) is 0 Å². The lowest BCUT2D eigenvalue weighted by molar-refractivity contribution is 0.892. The zero-order valence-electron chi connectivity index (χ0n) is 4.82. The summed E-state index contributed by atoms with van der Waals surface area (Å²) in [4.78, 5) is 0. The van der Waals surface area contributed by atoms with Gasteiger partial charge in [-0.2, -0.15) is 0 Å². The van der Waals surface area contributed by atoms with Crippen LogP contribution < -0.4 is 0 Å². The molecule has 0 heterocycles. The van der Waals surface area contributed by atoms with E-state index in [1.807, 2.05) is 0 Å². The van der Waals surface area contributed by atoms with Crippen molar-refractivity contribution in [2.24, 2.45) is 5.92 Å². The molecule has 1 aliphatic carbocycles. The SMILES string of the molecule is CC[CH]C1CC1(Cl)Cl. The summed E-state index contributed by atoms with van der Waals surface area (Å²) in [5.74, 6) is 0.468. The van der Waals surface area contributed by atoms with Crippen molar-refractivity contribution in [1.82, 2.24) is 0 Å². The van der Waals surface area contributed by atoms with Gasteiger partial charge in [-0.05, 0) is 18.8 Å². The maximum atomic E-state index is 5.72. The van der Waals surface area contributed by atoms with Gasteiger partial charge < -0.3 is 0 Å². The highest BCUT2D eigenvalue weighted by atomic mass is 35.5. The van der Waals surface area contributed by atoms with Crippen LogP contribution >= 0.6 is 23.2 Å². The smallest absolute Gasteiger partial charge is 0.101 e. The average Bonchev–Trinajstić information content (AvgIpc) is 2.15. The number of rotatable bonds is 2. The summed E-state index contributed by atoms with van der Waals surface area (Å²) in [6.07, 6.45) is 4.19. The standard InChI is InChI=1S/C6H9Cl2/c1-2-3-5-4-6(5,7)8/h3,5H,2,4H2,1H3. The maximum absolute atomic E-state index is 5.72. The minimum Gasteiger partial charge on any atom is -0.101 e. The zero-order chi connectivity index (χ0) is 6.20. The molecule has 1 atom stereocenters. The van der Waals surface area contributed by atoms with Crippen LogP contribution in [0.15, 0.2) is 0 Å². The van der Waals surface area contributed by atoms with E-state index in [1.165, 1.54) is 0 Å². The van der Waals surface area contributed by atoms with Crippen molar-refractivity contribution >= 4 is 23.2 Å². The summed E-state index contributed by atoms with van der Waals surface area (Å²) in [6.45, 7) is 2.10. The van der Waals surface area contributed by atoms with Gasteiger partial charge in [-0.25, -0.2) is 0 Å². The Labute approximate surface area is 60.2 Å². The number of halogens is 2. The Bertz CT molecular complexity index is 88.5. The fourth-order valence-corrected chi connectivity index (χ4v) is 1.29. The molecule has 1 saturated carbocycles. The quantitative estimate of drug-likeness (QED) is 0.533. The van der Waals surface area contributed by atoms with Crippen LogP contribution in [0.1, 0.15) is 19.8 Å². The summed E-state index contributed by atoms with van der Waals surface area (Å²) in [5, 5.41) is 0. The fraction of sp³-hybridized carbons (Fsp3) is 0.833. The summed E-state index contributed by atoms with van der Waals surface area (Å²) < 4.78 is -0.393. The minimum absolute atomic E-state index is 0.393. The number of alkyl halides is 2. The monoisotopic (exact) mass is 151 g/mol. The molecule has 8 heavy (non-hydrogen) atoms. The molecule has 47 valence electrons. The Kier molecular flexibility index (Phi) is 1.74. The highest BCUT2D eigenvalue weighted by molar-refractivity contribution is 6.51. The second-order valence-corrected chi connectivity index (χ2v) is 3.76. The predicted molar refractivity (Wildman–Crippen MR) is 37.1 cm³/mol. The highest BCUT2D eigenvalue weighted by Crippen LogP contribution is 2.54. The second-order valence-electron chi connectivity index (χ2n) is 2.22. The van der Waals surface area contributed by atoms with Crippen molar-refractivity contribution in [2.75, 3.05) is 0 Å². The van der Waals surface area contributed by atoms with Gasteiger partial charge in [0.05, 0.1) is 0 Å². The average molecular weight is 152 g/mol. The van der Waals surface area contributed by atoms with Crippen molar-refractivity contribution in [2.45, 2.75) is 24.1 Å². The molecule has 0 aromatic heterocycles. The highest BCUT2D eigenvalue weighted by Gasteiger charge is 2.50. The van der Waals surface area contributed by atoms with Crippen molar-refractivity contribution in [3.8, 4) is 0 Å². The second kappa shape index (κ2) is 2.07. The first-order valence-electron chi connectivity index (χ1n) is 2.88. The van der Waals surface area contributed by atoms with Gasteiger partial charge in [-0.3, -0.25) is 0 Å². The Hall–Kier alpha value is 0.580. The topological polar surface area (TPSA) is 0 Å². The molecule has 1 fully saturated rings. The summed E-state index contributed by atoms with van der Waals surface area (Å²) in [6, 6.07) is 0. The van der Waals surface area contributed by atoms with Gasteiger partial charge in [0.1, 0.15) is 4.33 Å². The Morgan fingerprint density at radius 2 is 2.25 bits per heavy atom. The molecule has 0 spiro atoms. The Morgan fingerprint density at radius 3 is 2.38 bits per heavy atom. The third-order valence-electron chi connectivity index (χ3n) is 1.39. The van der Waals surface area contributed by atoms with Crippen LogP contribution in [-0.4, -0.2) is 4.33 Å². The summed E-state index contributed by atoms with van der Waals surface area (Å²) in [7, 11) is 0. The van der Waals surface area contributed by atoms with E-state index in [-0.39, 0.29) is 0 Å². The van der Waals surface area contributed by atoms with Crippen LogP contribution in [0.5, 0.6) is 0 Å². The molecule has 1 unspecified atom stereocenters. The molecule has 2 heteroatoms. The van der Waals surface area contributed by atoms with Gasteiger partial charge in [0, 0.05) is 0 Å². The molecule has 0 nitrogen and oxygen atoms in total. The van der Waals surface area contributed by atoms with Gasteiger partial charge >= 0.3 is 0 Å². The van der Waals surface area contributed by atoms with Crippen LogP contribution in [0, 0.1) is 12.3 Å².